The van der Waals surface area contributed by atoms with E-state index in [4.69, 9.17) is 0 Å². The molecule has 18 heavy (non-hydrogen) atoms. The van der Waals surface area contributed by atoms with Gasteiger partial charge < -0.3 is 4.90 Å². The summed E-state index contributed by atoms with van der Waals surface area (Å²) < 4.78 is 0. The molecule has 0 bridgehead atoms. The molecule has 1 aliphatic heterocycles. The van der Waals surface area contributed by atoms with Crippen molar-refractivity contribution in [2.75, 3.05) is 32.7 Å². The fourth-order valence-corrected chi connectivity index (χ4v) is 2.47. The summed E-state index contributed by atoms with van der Waals surface area (Å²) in [6, 6.07) is 7.84. The van der Waals surface area contributed by atoms with E-state index in [-0.39, 0.29) is 5.91 Å². The van der Waals surface area contributed by atoms with Crippen molar-refractivity contribution in [3.05, 3.63) is 35.4 Å². The maximum absolute atomic E-state index is 12.4. The molecule has 2 rings (SSSR count). The molecule has 98 valence electrons. The van der Waals surface area contributed by atoms with Crippen LogP contribution in [0.1, 0.15) is 29.3 Å². The first kappa shape index (κ1) is 13.1. The molecule has 1 fully saturated rings. The number of amides is 1. The molecule has 3 heteroatoms. The largest absolute Gasteiger partial charge is 0.336 e. The van der Waals surface area contributed by atoms with Crippen LogP contribution in [0.3, 0.4) is 0 Å². The van der Waals surface area contributed by atoms with E-state index in [0.717, 1.165) is 43.9 Å². The minimum Gasteiger partial charge on any atom is -0.336 e. The number of carbonyl (C=O) groups excluding carboxylic acids is 1. The van der Waals surface area contributed by atoms with Crippen molar-refractivity contribution in [1.82, 2.24) is 9.80 Å². The summed E-state index contributed by atoms with van der Waals surface area (Å²) in [5.41, 5.74) is 1.92. The van der Waals surface area contributed by atoms with E-state index >= 15 is 0 Å². The lowest BCUT2D eigenvalue weighted by Gasteiger charge is -2.34. The Hall–Kier alpha value is -1.35. The zero-order valence-corrected chi connectivity index (χ0v) is 11.4. The molecule has 0 spiro atoms. The van der Waals surface area contributed by atoms with Crippen LogP contribution < -0.4 is 0 Å². The van der Waals surface area contributed by atoms with Crippen LogP contribution in [-0.4, -0.2) is 48.4 Å². The van der Waals surface area contributed by atoms with Gasteiger partial charge in [-0.3, -0.25) is 9.69 Å². The highest BCUT2D eigenvalue weighted by Gasteiger charge is 2.22. The minimum atomic E-state index is 0.184. The molecule has 0 aliphatic carbocycles. The van der Waals surface area contributed by atoms with Crippen molar-refractivity contribution in [2.24, 2.45) is 0 Å². The molecule has 1 saturated heterocycles. The van der Waals surface area contributed by atoms with E-state index < -0.39 is 0 Å². The zero-order chi connectivity index (χ0) is 13.0. The van der Waals surface area contributed by atoms with Crippen LogP contribution in [0.15, 0.2) is 24.3 Å². The smallest absolute Gasteiger partial charge is 0.254 e. The molecule has 3 nitrogen and oxygen atoms in total. The molecule has 1 aromatic carbocycles. The Morgan fingerprint density at radius 1 is 1.17 bits per heavy atom. The van der Waals surface area contributed by atoms with Crippen LogP contribution in [0.5, 0.6) is 0 Å². The molecule has 0 radical (unpaired) electrons. The molecule has 1 amide bonds. The number of hydrogen-bond donors (Lipinski definition) is 0. The Labute approximate surface area is 109 Å². The van der Waals surface area contributed by atoms with E-state index in [1.54, 1.807) is 0 Å². The molecule has 0 atom stereocenters. The van der Waals surface area contributed by atoms with E-state index in [1.165, 1.54) is 6.42 Å². The molecule has 0 aromatic heterocycles. The van der Waals surface area contributed by atoms with Gasteiger partial charge in [0.2, 0.25) is 0 Å². The average Bonchev–Trinajstić information content (AvgIpc) is 2.40. The first-order valence-corrected chi connectivity index (χ1v) is 6.79. The summed E-state index contributed by atoms with van der Waals surface area (Å²) in [6.07, 6.45) is 1.19. The quantitative estimate of drug-likeness (QED) is 0.816. The van der Waals surface area contributed by atoms with Gasteiger partial charge in [-0.15, -0.1) is 0 Å². The van der Waals surface area contributed by atoms with Gasteiger partial charge in [-0.25, -0.2) is 0 Å². The van der Waals surface area contributed by atoms with Crippen LogP contribution in [-0.2, 0) is 0 Å². The van der Waals surface area contributed by atoms with Gasteiger partial charge in [0.15, 0.2) is 0 Å². The van der Waals surface area contributed by atoms with E-state index in [1.807, 2.05) is 36.1 Å². The van der Waals surface area contributed by atoms with E-state index in [9.17, 15) is 4.79 Å². The maximum atomic E-state index is 12.4. The third-order valence-corrected chi connectivity index (χ3v) is 3.57. The number of carbonyl (C=O) groups is 1. The number of benzene rings is 1. The Balaban J connectivity index is 1.98. The van der Waals surface area contributed by atoms with Crippen LogP contribution in [0.4, 0.5) is 0 Å². The lowest BCUT2D eigenvalue weighted by atomic mass is 10.1. The second-order valence-electron chi connectivity index (χ2n) is 4.95. The zero-order valence-electron chi connectivity index (χ0n) is 11.4. The van der Waals surface area contributed by atoms with Crippen LogP contribution in [0.25, 0.3) is 0 Å². The topological polar surface area (TPSA) is 23.6 Å². The lowest BCUT2D eigenvalue weighted by Crippen LogP contribution is -2.48. The molecular formula is C15H22N2O. The highest BCUT2D eigenvalue weighted by molar-refractivity contribution is 5.95. The summed E-state index contributed by atoms with van der Waals surface area (Å²) in [7, 11) is 0. The summed E-state index contributed by atoms with van der Waals surface area (Å²) in [4.78, 5) is 16.8. The maximum Gasteiger partial charge on any atom is 0.254 e. The predicted molar refractivity (Wildman–Crippen MR) is 73.8 cm³/mol. The monoisotopic (exact) mass is 246 g/mol. The second kappa shape index (κ2) is 6.01. The summed E-state index contributed by atoms with van der Waals surface area (Å²) >= 11 is 0. The SMILES string of the molecule is CCCN1CCN(C(=O)c2ccccc2C)CC1. The van der Waals surface area contributed by atoms with Gasteiger partial charge in [0.1, 0.15) is 0 Å². The normalized spacial score (nSPS) is 16.9. The third-order valence-electron chi connectivity index (χ3n) is 3.57. The fourth-order valence-electron chi connectivity index (χ4n) is 2.47. The van der Waals surface area contributed by atoms with Crippen LogP contribution in [0.2, 0.25) is 0 Å². The van der Waals surface area contributed by atoms with E-state index in [2.05, 4.69) is 11.8 Å². The van der Waals surface area contributed by atoms with Crippen molar-refractivity contribution in [3.8, 4) is 0 Å². The number of aryl methyl sites for hydroxylation is 1. The highest BCUT2D eigenvalue weighted by atomic mass is 16.2. The van der Waals surface area contributed by atoms with Gasteiger partial charge in [0, 0.05) is 31.7 Å². The van der Waals surface area contributed by atoms with Gasteiger partial charge in [-0.2, -0.15) is 0 Å². The summed E-state index contributed by atoms with van der Waals surface area (Å²) in [6.45, 7) is 9.06. The highest BCUT2D eigenvalue weighted by Crippen LogP contribution is 2.12. The number of nitrogens with zero attached hydrogens (tertiary/aromatic N) is 2. The average molecular weight is 246 g/mol. The van der Waals surface area contributed by atoms with Crippen LogP contribution in [0, 0.1) is 6.92 Å². The molecule has 0 unspecified atom stereocenters. The number of hydrogen-bond acceptors (Lipinski definition) is 2. The minimum absolute atomic E-state index is 0.184. The molecule has 1 aliphatic rings. The standard InChI is InChI=1S/C15H22N2O/c1-3-8-16-9-11-17(12-10-16)15(18)14-7-5-4-6-13(14)2/h4-7H,3,8-12H2,1-2H3. The number of rotatable bonds is 3. The Morgan fingerprint density at radius 2 is 1.83 bits per heavy atom. The Bertz CT molecular complexity index is 409. The van der Waals surface area contributed by atoms with Crippen molar-refractivity contribution in [2.45, 2.75) is 20.3 Å². The van der Waals surface area contributed by atoms with Crippen LogP contribution >= 0.6 is 0 Å². The lowest BCUT2D eigenvalue weighted by molar-refractivity contribution is 0.0637. The molecule has 1 heterocycles. The van der Waals surface area contributed by atoms with Gasteiger partial charge in [0.05, 0.1) is 0 Å². The van der Waals surface area contributed by atoms with E-state index in [0.29, 0.717) is 0 Å². The Morgan fingerprint density at radius 3 is 2.44 bits per heavy atom. The molecular weight excluding hydrogens is 224 g/mol. The van der Waals surface area contributed by atoms with Crippen molar-refractivity contribution >= 4 is 5.91 Å². The van der Waals surface area contributed by atoms with Gasteiger partial charge in [-0.1, -0.05) is 25.1 Å². The first-order valence-electron chi connectivity index (χ1n) is 6.79. The second-order valence-corrected chi connectivity index (χ2v) is 4.95. The molecule has 0 saturated carbocycles. The predicted octanol–water partition coefficient (Wildman–Crippen LogP) is 2.16. The van der Waals surface area contributed by atoms with Gasteiger partial charge in [-0.05, 0) is 31.5 Å². The first-order chi connectivity index (χ1) is 8.72. The van der Waals surface area contributed by atoms with Crippen molar-refractivity contribution in [1.29, 1.82) is 0 Å². The number of piperazine rings is 1. The molecule has 0 N–H and O–H groups in total. The third kappa shape index (κ3) is 2.91. The summed E-state index contributed by atoms with van der Waals surface area (Å²) in [5.74, 6) is 0.184. The van der Waals surface area contributed by atoms with Gasteiger partial charge >= 0.3 is 0 Å². The van der Waals surface area contributed by atoms with Gasteiger partial charge in [0.25, 0.3) is 5.91 Å². The molecule has 1 aromatic rings. The fraction of sp³-hybridized carbons (Fsp3) is 0.533. The van der Waals surface area contributed by atoms with Crippen molar-refractivity contribution < 1.29 is 4.79 Å². The Kier molecular flexibility index (Phi) is 4.37. The summed E-state index contributed by atoms with van der Waals surface area (Å²) in [5, 5.41) is 0. The van der Waals surface area contributed by atoms with Crippen molar-refractivity contribution in [3.63, 3.8) is 0 Å².